The van der Waals surface area contributed by atoms with Crippen molar-refractivity contribution in [2.75, 3.05) is 6.54 Å². The maximum Gasteiger partial charge on any atom is 0.259 e. The zero-order valence-corrected chi connectivity index (χ0v) is 10.5. The summed E-state index contributed by atoms with van der Waals surface area (Å²) in [5.74, 6) is -0.0894. The second-order valence-electron chi connectivity index (χ2n) is 5.10. The van der Waals surface area contributed by atoms with Gasteiger partial charge in [0.1, 0.15) is 6.04 Å². The number of nitrogens with one attached hydrogen (secondary N) is 2. The molecule has 0 spiro atoms. The molecule has 16 heavy (non-hydrogen) atoms. The fourth-order valence-corrected chi connectivity index (χ4v) is 1.68. The highest BCUT2D eigenvalue weighted by Crippen LogP contribution is 2.10. The summed E-state index contributed by atoms with van der Waals surface area (Å²) in [7, 11) is 0. The third-order valence-corrected chi connectivity index (χ3v) is 2.35. The second kappa shape index (κ2) is 4.82. The molecule has 5 heteroatoms. The van der Waals surface area contributed by atoms with Gasteiger partial charge in [0.15, 0.2) is 0 Å². The number of likely N-dealkylation sites (N-methyl/N-ethyl adjacent to an activating group) is 1. The van der Waals surface area contributed by atoms with Gasteiger partial charge in [0, 0.05) is 18.5 Å². The summed E-state index contributed by atoms with van der Waals surface area (Å²) < 4.78 is 0. The Balaban J connectivity index is 2.59. The monoisotopic (exact) mass is 227 g/mol. The molecule has 2 N–H and O–H groups in total. The molecular weight excluding hydrogens is 206 g/mol. The maximum atomic E-state index is 12.0. The molecule has 0 aromatic heterocycles. The van der Waals surface area contributed by atoms with Crippen LogP contribution in [0.3, 0.4) is 0 Å². The lowest BCUT2D eigenvalue weighted by molar-refractivity contribution is -0.138. The van der Waals surface area contributed by atoms with Crippen LogP contribution >= 0.6 is 0 Å². The van der Waals surface area contributed by atoms with Crippen molar-refractivity contribution in [1.82, 2.24) is 15.8 Å². The Labute approximate surface area is 96.5 Å². The SMILES string of the molecule is CCN(NC(C)(C)C)C(=O)[C@@H]1CCC(=O)N1. The van der Waals surface area contributed by atoms with E-state index in [-0.39, 0.29) is 23.4 Å². The van der Waals surface area contributed by atoms with Crippen molar-refractivity contribution >= 4 is 11.8 Å². The highest BCUT2D eigenvalue weighted by atomic mass is 16.2. The summed E-state index contributed by atoms with van der Waals surface area (Å²) in [6.45, 7) is 8.48. The molecule has 0 bridgehead atoms. The first-order chi connectivity index (χ1) is 7.33. The first-order valence-corrected chi connectivity index (χ1v) is 5.72. The van der Waals surface area contributed by atoms with Gasteiger partial charge >= 0.3 is 0 Å². The Morgan fingerprint density at radius 1 is 1.56 bits per heavy atom. The summed E-state index contributed by atoms with van der Waals surface area (Å²) in [5, 5.41) is 4.26. The zero-order chi connectivity index (χ0) is 12.3. The Morgan fingerprint density at radius 3 is 2.56 bits per heavy atom. The molecule has 1 atom stereocenters. The molecular formula is C11H21N3O2. The van der Waals surface area contributed by atoms with Crippen LogP contribution in [0.2, 0.25) is 0 Å². The topological polar surface area (TPSA) is 61.4 Å². The van der Waals surface area contributed by atoms with E-state index in [1.54, 1.807) is 5.01 Å². The van der Waals surface area contributed by atoms with Crippen LogP contribution in [0, 0.1) is 0 Å². The predicted molar refractivity (Wildman–Crippen MR) is 61.4 cm³/mol. The minimum atomic E-state index is -0.359. The number of carbonyl (C=O) groups is 2. The molecule has 1 rings (SSSR count). The Kier molecular flexibility index (Phi) is 3.91. The van der Waals surface area contributed by atoms with E-state index in [4.69, 9.17) is 0 Å². The summed E-state index contributed by atoms with van der Waals surface area (Å²) in [5.41, 5.74) is 2.97. The van der Waals surface area contributed by atoms with E-state index in [1.165, 1.54) is 0 Å². The maximum absolute atomic E-state index is 12.0. The van der Waals surface area contributed by atoms with Crippen molar-refractivity contribution in [2.45, 2.75) is 52.1 Å². The minimum Gasteiger partial charge on any atom is -0.344 e. The fraction of sp³-hybridized carbons (Fsp3) is 0.818. The number of nitrogens with zero attached hydrogens (tertiary/aromatic N) is 1. The van der Waals surface area contributed by atoms with Gasteiger partial charge in [-0.05, 0) is 34.1 Å². The molecule has 0 radical (unpaired) electrons. The van der Waals surface area contributed by atoms with Crippen LogP contribution in [0.4, 0.5) is 0 Å². The zero-order valence-electron chi connectivity index (χ0n) is 10.5. The highest BCUT2D eigenvalue weighted by molar-refractivity contribution is 5.90. The summed E-state index contributed by atoms with van der Waals surface area (Å²) >= 11 is 0. The Hall–Kier alpha value is -1.10. The molecule has 1 fully saturated rings. The van der Waals surface area contributed by atoms with E-state index in [9.17, 15) is 9.59 Å². The van der Waals surface area contributed by atoms with Crippen LogP contribution in [0.25, 0.3) is 0 Å². The van der Waals surface area contributed by atoms with E-state index in [0.717, 1.165) is 0 Å². The fourth-order valence-electron chi connectivity index (χ4n) is 1.68. The standard InChI is InChI=1S/C11H21N3O2/c1-5-14(13-11(2,3)4)10(16)8-6-7-9(15)12-8/h8,13H,5-7H2,1-4H3,(H,12,15)/t8-/m0/s1. The lowest BCUT2D eigenvalue weighted by Crippen LogP contribution is -2.56. The van der Waals surface area contributed by atoms with E-state index in [1.807, 2.05) is 27.7 Å². The number of carbonyl (C=O) groups excluding carboxylic acids is 2. The second-order valence-corrected chi connectivity index (χ2v) is 5.10. The van der Waals surface area contributed by atoms with E-state index in [2.05, 4.69) is 10.7 Å². The molecule has 1 aliphatic rings. The van der Waals surface area contributed by atoms with Crippen molar-refractivity contribution in [3.05, 3.63) is 0 Å². The smallest absolute Gasteiger partial charge is 0.259 e. The summed E-state index contributed by atoms with van der Waals surface area (Å²) in [4.78, 5) is 23.1. The lowest BCUT2D eigenvalue weighted by atomic mass is 10.1. The average molecular weight is 227 g/mol. The third kappa shape index (κ3) is 3.48. The molecule has 0 aliphatic carbocycles. The van der Waals surface area contributed by atoms with Gasteiger partial charge in [-0.3, -0.25) is 14.6 Å². The molecule has 5 nitrogen and oxygen atoms in total. The molecule has 92 valence electrons. The average Bonchev–Trinajstić information content (AvgIpc) is 2.58. The number of amides is 2. The summed E-state index contributed by atoms with van der Waals surface area (Å²) in [6, 6.07) is -0.359. The normalized spacial score (nSPS) is 20.8. The highest BCUT2D eigenvalue weighted by Gasteiger charge is 2.31. The van der Waals surface area contributed by atoms with Crippen LogP contribution in [0.15, 0.2) is 0 Å². The summed E-state index contributed by atoms with van der Waals surface area (Å²) in [6.07, 6.45) is 1.05. The van der Waals surface area contributed by atoms with Crippen molar-refractivity contribution < 1.29 is 9.59 Å². The molecule has 1 saturated heterocycles. The molecule has 0 aromatic rings. The molecule has 0 unspecified atom stereocenters. The molecule has 0 saturated carbocycles. The minimum absolute atomic E-state index is 0.0369. The van der Waals surface area contributed by atoms with E-state index >= 15 is 0 Å². The number of hydrogen-bond donors (Lipinski definition) is 2. The van der Waals surface area contributed by atoms with Gasteiger partial charge in [0.2, 0.25) is 5.91 Å². The molecule has 2 amide bonds. The van der Waals surface area contributed by atoms with Crippen LogP contribution < -0.4 is 10.7 Å². The van der Waals surface area contributed by atoms with Crippen LogP contribution in [0.5, 0.6) is 0 Å². The Bertz CT molecular complexity index is 283. The van der Waals surface area contributed by atoms with Gasteiger partial charge in [-0.1, -0.05) is 0 Å². The van der Waals surface area contributed by atoms with Gasteiger partial charge in [0.25, 0.3) is 5.91 Å². The van der Waals surface area contributed by atoms with Gasteiger partial charge in [-0.15, -0.1) is 0 Å². The lowest BCUT2D eigenvalue weighted by Gasteiger charge is -2.32. The van der Waals surface area contributed by atoms with Crippen LogP contribution in [-0.2, 0) is 9.59 Å². The van der Waals surface area contributed by atoms with E-state index < -0.39 is 0 Å². The molecule has 1 heterocycles. The first-order valence-electron chi connectivity index (χ1n) is 5.72. The number of rotatable bonds is 3. The largest absolute Gasteiger partial charge is 0.344 e. The number of hydrogen-bond acceptors (Lipinski definition) is 3. The quantitative estimate of drug-likeness (QED) is 0.687. The van der Waals surface area contributed by atoms with Crippen LogP contribution in [0.1, 0.15) is 40.5 Å². The Morgan fingerprint density at radius 2 is 2.19 bits per heavy atom. The predicted octanol–water partition coefficient (Wildman–Crippen LogP) is 0.417. The van der Waals surface area contributed by atoms with Gasteiger partial charge in [0.05, 0.1) is 0 Å². The first kappa shape index (κ1) is 13.0. The van der Waals surface area contributed by atoms with Gasteiger partial charge in [-0.25, -0.2) is 5.43 Å². The van der Waals surface area contributed by atoms with Crippen molar-refractivity contribution in [1.29, 1.82) is 0 Å². The van der Waals surface area contributed by atoms with Gasteiger partial charge in [-0.2, -0.15) is 0 Å². The third-order valence-electron chi connectivity index (χ3n) is 2.35. The molecule has 0 aromatic carbocycles. The van der Waals surface area contributed by atoms with Crippen molar-refractivity contribution in [3.63, 3.8) is 0 Å². The van der Waals surface area contributed by atoms with Gasteiger partial charge < -0.3 is 5.32 Å². The van der Waals surface area contributed by atoms with Crippen molar-refractivity contribution in [2.24, 2.45) is 0 Å². The van der Waals surface area contributed by atoms with Crippen LogP contribution in [-0.4, -0.2) is 34.9 Å². The van der Waals surface area contributed by atoms with E-state index in [0.29, 0.717) is 19.4 Å². The number of hydrazine groups is 1. The van der Waals surface area contributed by atoms with Crippen molar-refractivity contribution in [3.8, 4) is 0 Å². The molecule has 1 aliphatic heterocycles.